The zero-order valence-corrected chi connectivity index (χ0v) is 20.1. The van der Waals surface area contributed by atoms with Crippen molar-refractivity contribution >= 4 is 45.4 Å². The summed E-state index contributed by atoms with van der Waals surface area (Å²) < 4.78 is 34.5. The van der Waals surface area contributed by atoms with Gasteiger partial charge in [0.2, 0.25) is 11.8 Å². The van der Waals surface area contributed by atoms with Crippen LogP contribution in [0.2, 0.25) is 0 Å². The van der Waals surface area contributed by atoms with Gasteiger partial charge in [-0.1, -0.05) is 17.7 Å². The number of ether oxygens (including phenoxy) is 1. The van der Waals surface area contributed by atoms with Gasteiger partial charge in [-0.25, -0.2) is 23.7 Å². The molecule has 0 spiro atoms. The summed E-state index contributed by atoms with van der Waals surface area (Å²) in [5.74, 6) is 0.159. The summed E-state index contributed by atoms with van der Waals surface area (Å²) in [4.78, 5) is 30.0. The summed E-state index contributed by atoms with van der Waals surface area (Å²) in [7, 11) is 1.53. The number of thioether (sulfide) groups is 1. The van der Waals surface area contributed by atoms with Crippen LogP contribution in [-0.2, 0) is 10.3 Å². The molecule has 12 heteroatoms. The largest absolute Gasteiger partial charge is 0.463 e. The molecule has 1 aromatic carbocycles. The number of hydrogen-bond donors (Lipinski definition) is 3. The molecule has 1 saturated carbocycles. The summed E-state index contributed by atoms with van der Waals surface area (Å²) >= 11 is 1.15. The molecule has 0 radical (unpaired) electrons. The van der Waals surface area contributed by atoms with Crippen molar-refractivity contribution in [2.75, 3.05) is 19.0 Å². The Balaban J connectivity index is 1.53. The van der Waals surface area contributed by atoms with E-state index in [0.717, 1.165) is 17.8 Å². The number of hydrogen-bond acceptors (Lipinski definition) is 9. The lowest BCUT2D eigenvalue weighted by Crippen LogP contribution is -2.43. The van der Waals surface area contributed by atoms with Crippen molar-refractivity contribution in [3.05, 3.63) is 47.8 Å². The second-order valence-corrected chi connectivity index (χ2v) is 9.95. The summed E-state index contributed by atoms with van der Waals surface area (Å²) in [6, 6.07) is 4.11. The van der Waals surface area contributed by atoms with Gasteiger partial charge in [-0.05, 0) is 25.5 Å². The molecule has 184 valence electrons. The average molecular weight is 510 g/mol. The molecule has 3 aromatic rings. The van der Waals surface area contributed by atoms with Crippen molar-refractivity contribution in [2.24, 2.45) is 16.6 Å². The van der Waals surface area contributed by atoms with Crippen molar-refractivity contribution in [3.8, 4) is 18.2 Å². The van der Waals surface area contributed by atoms with Crippen LogP contribution in [0.25, 0.3) is 11.0 Å². The van der Waals surface area contributed by atoms with Crippen LogP contribution in [0.15, 0.2) is 35.6 Å². The zero-order chi connectivity index (χ0) is 25.7. The number of carbonyl (C=O) groups excluding carboxylic acids is 1. The molecule has 1 amide bonds. The molecule has 2 aromatic heterocycles. The van der Waals surface area contributed by atoms with Crippen LogP contribution in [0.5, 0.6) is 5.88 Å². The second kappa shape index (κ2) is 8.60. The first-order chi connectivity index (χ1) is 17.2. The lowest BCUT2D eigenvalue weighted by atomic mass is 9.85. The number of pyridine rings is 1. The lowest BCUT2D eigenvalue weighted by Gasteiger charge is -2.33. The highest BCUT2D eigenvalue weighted by Gasteiger charge is 2.70. The predicted molar refractivity (Wildman–Crippen MR) is 133 cm³/mol. The quantitative estimate of drug-likeness (QED) is 0.433. The number of terminal acetylenes is 1. The van der Waals surface area contributed by atoms with Crippen LogP contribution >= 0.6 is 11.8 Å². The number of aromatic nitrogens is 3. The first-order valence-electron chi connectivity index (χ1n) is 10.9. The van der Waals surface area contributed by atoms with E-state index in [9.17, 15) is 9.18 Å². The van der Waals surface area contributed by atoms with Gasteiger partial charge in [-0.15, -0.1) is 6.42 Å². The molecule has 3 heterocycles. The average Bonchev–Trinajstić information content (AvgIpc) is 3.61. The number of nitrogens with two attached hydrogens (primary N) is 1. The number of amides is 1. The molecule has 5 rings (SSSR count). The third-order valence-corrected chi connectivity index (χ3v) is 7.71. The molecular formula is C24H21F2N7O2S. The molecule has 1 fully saturated rings. The standard InChI is InChI=1S/C24H21F2N7O2S/c1-4-7-35-17-11-30-19-15(32-17)5-6-29-20(19)31-12-8-13(18(26)14(25)9-12)23(2)16-10-24(16,21(34)28-3)36-22(27)33-23/h1,5-6,8-9,11,16H,7,10H2,2-3H3,(H2,27,33)(H,28,34)(H,29,31)/t16-,23+,24-/m0/s1. The molecule has 0 saturated heterocycles. The highest BCUT2D eigenvalue weighted by Crippen LogP contribution is 2.66. The van der Waals surface area contributed by atoms with Crippen LogP contribution in [0.4, 0.5) is 20.3 Å². The predicted octanol–water partition coefficient (Wildman–Crippen LogP) is 2.84. The molecule has 2 aliphatic rings. The number of halogens is 2. The Morgan fingerprint density at radius 3 is 2.94 bits per heavy atom. The third-order valence-electron chi connectivity index (χ3n) is 6.41. The maximum absolute atomic E-state index is 15.2. The van der Waals surface area contributed by atoms with Gasteiger partial charge < -0.3 is 21.1 Å². The van der Waals surface area contributed by atoms with E-state index in [4.69, 9.17) is 16.9 Å². The van der Waals surface area contributed by atoms with E-state index in [0.29, 0.717) is 17.5 Å². The number of carbonyl (C=O) groups is 1. The lowest BCUT2D eigenvalue weighted by molar-refractivity contribution is -0.121. The Hall–Kier alpha value is -3.98. The molecule has 9 nitrogen and oxygen atoms in total. The van der Waals surface area contributed by atoms with E-state index < -0.39 is 21.9 Å². The molecule has 4 N–H and O–H groups in total. The number of nitrogens with one attached hydrogen (secondary N) is 2. The van der Waals surface area contributed by atoms with E-state index >= 15 is 4.39 Å². The van der Waals surface area contributed by atoms with Crippen LogP contribution < -0.4 is 21.1 Å². The maximum atomic E-state index is 15.2. The number of anilines is 2. The van der Waals surface area contributed by atoms with Crippen LogP contribution in [0, 0.1) is 29.9 Å². The van der Waals surface area contributed by atoms with Gasteiger partial charge in [0.1, 0.15) is 10.3 Å². The van der Waals surface area contributed by atoms with E-state index in [2.05, 4.69) is 36.5 Å². The van der Waals surface area contributed by atoms with Gasteiger partial charge in [-0.2, -0.15) is 0 Å². The van der Waals surface area contributed by atoms with E-state index in [-0.39, 0.29) is 46.5 Å². The molecule has 1 aliphatic heterocycles. The molecule has 0 bridgehead atoms. The number of amidine groups is 1. The number of rotatable bonds is 6. The van der Waals surface area contributed by atoms with Gasteiger partial charge in [0.15, 0.2) is 29.2 Å². The fraction of sp³-hybridized carbons (Fsp3) is 0.292. The van der Waals surface area contributed by atoms with Crippen molar-refractivity contribution in [1.29, 1.82) is 0 Å². The Morgan fingerprint density at radius 2 is 2.19 bits per heavy atom. The first-order valence-corrected chi connectivity index (χ1v) is 11.7. The minimum atomic E-state index is -1.25. The van der Waals surface area contributed by atoms with Crippen molar-refractivity contribution in [2.45, 2.75) is 23.6 Å². The Labute approximate surface area is 209 Å². The third kappa shape index (κ3) is 3.76. The molecule has 1 aliphatic carbocycles. The summed E-state index contributed by atoms with van der Waals surface area (Å²) in [6.07, 6.45) is 8.53. The van der Waals surface area contributed by atoms with Crippen molar-refractivity contribution in [1.82, 2.24) is 20.3 Å². The summed E-state index contributed by atoms with van der Waals surface area (Å²) in [5, 5.41) is 5.78. The minimum Gasteiger partial charge on any atom is -0.463 e. The summed E-state index contributed by atoms with van der Waals surface area (Å²) in [6.45, 7) is 1.70. The van der Waals surface area contributed by atoms with Gasteiger partial charge in [-0.3, -0.25) is 9.79 Å². The Morgan fingerprint density at radius 1 is 1.39 bits per heavy atom. The van der Waals surface area contributed by atoms with Crippen molar-refractivity contribution < 1.29 is 18.3 Å². The Bertz CT molecular complexity index is 1480. The van der Waals surface area contributed by atoms with Gasteiger partial charge in [0, 0.05) is 36.5 Å². The number of fused-ring (bicyclic) bond motifs is 2. The fourth-order valence-corrected chi connectivity index (χ4v) is 6.08. The van der Waals surface area contributed by atoms with E-state index in [1.807, 2.05) is 0 Å². The number of aliphatic imine (C=N–C) groups is 1. The molecule has 36 heavy (non-hydrogen) atoms. The van der Waals surface area contributed by atoms with E-state index in [1.165, 1.54) is 25.5 Å². The van der Waals surface area contributed by atoms with Crippen molar-refractivity contribution in [3.63, 3.8) is 0 Å². The maximum Gasteiger partial charge on any atom is 0.236 e. The van der Waals surface area contributed by atoms with Gasteiger partial charge in [0.05, 0.1) is 17.3 Å². The highest BCUT2D eigenvalue weighted by atomic mass is 32.2. The SMILES string of the molecule is C#CCOc1cnc2c(Nc3cc(F)c(F)c([C@@]4(C)N=C(N)S[C@@]5(C(=O)NC)C[C@H]54)c3)nccc2n1. The van der Waals surface area contributed by atoms with Gasteiger partial charge in [0.25, 0.3) is 0 Å². The molecule has 3 atom stereocenters. The number of benzene rings is 1. The Kier molecular flexibility index (Phi) is 5.67. The van der Waals surface area contributed by atoms with E-state index in [1.54, 1.807) is 13.0 Å². The van der Waals surface area contributed by atoms with Crippen LogP contribution in [0.1, 0.15) is 18.9 Å². The summed E-state index contributed by atoms with van der Waals surface area (Å²) in [5.41, 5.74) is 5.86. The normalized spacial score (nSPS) is 24.3. The smallest absolute Gasteiger partial charge is 0.236 e. The number of nitrogens with zero attached hydrogens (tertiary/aromatic N) is 4. The topological polar surface area (TPSA) is 127 Å². The van der Waals surface area contributed by atoms with Crippen LogP contribution in [0.3, 0.4) is 0 Å². The zero-order valence-electron chi connectivity index (χ0n) is 19.3. The fourth-order valence-electron chi connectivity index (χ4n) is 4.65. The molecular weight excluding hydrogens is 488 g/mol. The minimum absolute atomic E-state index is 0.0136. The second-order valence-electron chi connectivity index (χ2n) is 8.60. The molecule has 0 unspecified atom stereocenters. The highest BCUT2D eigenvalue weighted by molar-refractivity contribution is 8.15. The first kappa shape index (κ1) is 23.7. The van der Waals surface area contributed by atoms with Crippen LogP contribution in [-0.4, -0.2) is 44.4 Å². The van der Waals surface area contributed by atoms with Gasteiger partial charge >= 0.3 is 0 Å². The monoisotopic (exact) mass is 509 g/mol.